The molecule has 0 aromatic heterocycles. The molecule has 0 amide bonds. The van der Waals surface area contributed by atoms with Gasteiger partial charge in [0.15, 0.2) is 0 Å². The lowest BCUT2D eigenvalue weighted by Gasteiger charge is -2.25. The second-order valence-electron chi connectivity index (χ2n) is 9.17. The number of benzene rings is 3. The molecule has 1 saturated heterocycles. The molecule has 0 spiro atoms. The number of hydrogen-bond acceptors (Lipinski definition) is 6. The largest absolute Gasteiger partial charge is 0.497 e. The zero-order valence-electron chi connectivity index (χ0n) is 21.7. The maximum Gasteiger partial charge on any atom is 0.243 e. The molecular weight excluding hydrogens is 524 g/mol. The van der Waals surface area contributed by atoms with Crippen molar-refractivity contribution in [2.45, 2.75) is 48.7 Å². The maximum absolute atomic E-state index is 13.8. The predicted molar refractivity (Wildman–Crippen MR) is 146 cm³/mol. The summed E-state index contributed by atoms with van der Waals surface area (Å²) in [7, 11) is -6.19. The van der Waals surface area contributed by atoms with Gasteiger partial charge in [-0.1, -0.05) is 49.4 Å². The molecule has 1 atom stereocenters. The van der Waals surface area contributed by atoms with Crippen LogP contribution in [-0.4, -0.2) is 58.4 Å². The van der Waals surface area contributed by atoms with Crippen LogP contribution in [0.1, 0.15) is 30.9 Å². The van der Waals surface area contributed by atoms with E-state index in [1.807, 2.05) is 42.5 Å². The summed E-state index contributed by atoms with van der Waals surface area (Å²) in [4.78, 5) is 0.0798. The van der Waals surface area contributed by atoms with Crippen LogP contribution in [0.25, 0.3) is 0 Å². The Labute approximate surface area is 225 Å². The molecule has 4 rings (SSSR count). The topological polar surface area (TPSA) is 93.2 Å². The highest BCUT2D eigenvalue weighted by molar-refractivity contribution is 7.89. The molecule has 0 unspecified atom stereocenters. The van der Waals surface area contributed by atoms with E-state index in [1.54, 1.807) is 26.2 Å². The van der Waals surface area contributed by atoms with Crippen molar-refractivity contribution in [3.05, 3.63) is 90.0 Å². The lowest BCUT2D eigenvalue weighted by atomic mass is 10.2. The lowest BCUT2D eigenvalue weighted by molar-refractivity contribution is 0.0926. The normalized spacial score (nSPS) is 16.3. The fraction of sp³-hybridized carbons (Fsp3) is 0.357. The number of sulfonamides is 2. The van der Waals surface area contributed by atoms with Gasteiger partial charge in [-0.3, -0.25) is 0 Å². The van der Waals surface area contributed by atoms with Crippen molar-refractivity contribution in [2.75, 3.05) is 26.8 Å². The van der Waals surface area contributed by atoms with Crippen molar-refractivity contribution in [3.8, 4) is 5.75 Å². The summed E-state index contributed by atoms with van der Waals surface area (Å²) in [6, 6.07) is 22.1. The van der Waals surface area contributed by atoms with Crippen molar-refractivity contribution >= 4 is 20.0 Å². The highest BCUT2D eigenvalue weighted by atomic mass is 32.2. The summed E-state index contributed by atoms with van der Waals surface area (Å²) < 4.78 is 68.0. The van der Waals surface area contributed by atoms with Crippen molar-refractivity contribution in [1.82, 2.24) is 8.61 Å². The molecule has 0 radical (unpaired) electrons. The Morgan fingerprint density at radius 3 is 2.00 bits per heavy atom. The van der Waals surface area contributed by atoms with Gasteiger partial charge in [-0.05, 0) is 60.4 Å². The van der Waals surface area contributed by atoms with Crippen LogP contribution in [0.5, 0.6) is 5.75 Å². The molecular formula is C28H34N2O6S2. The van der Waals surface area contributed by atoms with E-state index in [9.17, 15) is 16.8 Å². The molecule has 1 fully saturated rings. The Hall–Kier alpha value is -2.76. The van der Waals surface area contributed by atoms with Crippen molar-refractivity contribution in [2.24, 2.45) is 0 Å². The number of rotatable bonds is 12. The monoisotopic (exact) mass is 558 g/mol. The molecule has 8 nitrogen and oxygen atoms in total. The first kappa shape index (κ1) is 28.3. The molecule has 0 saturated carbocycles. The molecule has 38 heavy (non-hydrogen) atoms. The second-order valence-corrected chi connectivity index (χ2v) is 13.0. The average molecular weight is 559 g/mol. The Bertz CT molecular complexity index is 1410. The number of methoxy groups -OCH3 is 1. The van der Waals surface area contributed by atoms with E-state index in [0.29, 0.717) is 12.4 Å². The minimum atomic E-state index is -3.94. The summed E-state index contributed by atoms with van der Waals surface area (Å²) in [5.74, 6) is 0.641. The fourth-order valence-electron chi connectivity index (χ4n) is 4.47. The van der Waals surface area contributed by atoms with E-state index in [1.165, 1.54) is 32.9 Å². The van der Waals surface area contributed by atoms with Crippen LogP contribution >= 0.6 is 0 Å². The highest BCUT2D eigenvalue weighted by Crippen LogP contribution is 2.26. The van der Waals surface area contributed by atoms with Gasteiger partial charge in [-0.2, -0.15) is 8.61 Å². The molecule has 0 N–H and O–H groups in total. The summed E-state index contributed by atoms with van der Waals surface area (Å²) >= 11 is 0. The van der Waals surface area contributed by atoms with Crippen molar-refractivity contribution < 1.29 is 26.3 Å². The standard InChI is InChI=1S/C28H34N2O6S2/c1-3-29(20-23-9-5-4-6-10-23)37(31,32)27-14-16-28(17-15-27)38(33,34)30(22-26-13-8-18-36-26)21-24-11-7-12-25(19-24)35-2/h4-7,9-12,14-17,19,26H,3,8,13,18,20-22H2,1-2H3/t26-/m1/s1. The third-order valence-corrected chi connectivity index (χ3v) is 10.3. The van der Waals surface area contributed by atoms with E-state index in [0.717, 1.165) is 24.0 Å². The second kappa shape index (κ2) is 12.4. The number of nitrogens with zero attached hydrogens (tertiary/aromatic N) is 2. The van der Waals surface area contributed by atoms with E-state index in [4.69, 9.17) is 9.47 Å². The Morgan fingerprint density at radius 1 is 0.816 bits per heavy atom. The Morgan fingerprint density at radius 2 is 1.42 bits per heavy atom. The smallest absolute Gasteiger partial charge is 0.243 e. The van der Waals surface area contributed by atoms with E-state index in [2.05, 4.69) is 0 Å². The molecule has 1 heterocycles. The average Bonchev–Trinajstić information content (AvgIpc) is 3.45. The van der Waals surface area contributed by atoms with Gasteiger partial charge in [0.1, 0.15) is 5.75 Å². The Balaban J connectivity index is 1.59. The molecule has 0 aliphatic carbocycles. The first-order valence-corrected chi connectivity index (χ1v) is 15.5. The van der Waals surface area contributed by atoms with Crippen molar-refractivity contribution in [3.63, 3.8) is 0 Å². The van der Waals surface area contributed by atoms with Crippen LogP contribution in [0, 0.1) is 0 Å². The van der Waals surface area contributed by atoms with E-state index < -0.39 is 20.0 Å². The first-order valence-electron chi connectivity index (χ1n) is 12.6. The zero-order valence-corrected chi connectivity index (χ0v) is 23.3. The maximum atomic E-state index is 13.8. The van der Waals surface area contributed by atoms with E-state index in [-0.39, 0.29) is 42.1 Å². The summed E-state index contributed by atoms with van der Waals surface area (Å²) in [5.41, 5.74) is 1.66. The van der Waals surface area contributed by atoms with Gasteiger partial charge in [-0.25, -0.2) is 16.8 Å². The highest BCUT2D eigenvalue weighted by Gasteiger charge is 2.30. The number of hydrogen-bond donors (Lipinski definition) is 0. The third-order valence-electron chi connectivity index (χ3n) is 6.58. The molecule has 204 valence electrons. The summed E-state index contributed by atoms with van der Waals surface area (Å²) in [6.45, 7) is 3.25. The number of ether oxygens (including phenoxy) is 2. The summed E-state index contributed by atoms with van der Waals surface area (Å²) in [5, 5.41) is 0. The fourth-order valence-corrected chi connectivity index (χ4v) is 7.37. The zero-order chi connectivity index (χ0) is 27.2. The van der Waals surface area contributed by atoms with E-state index >= 15 is 0 Å². The van der Waals surface area contributed by atoms with Gasteiger partial charge < -0.3 is 9.47 Å². The van der Waals surface area contributed by atoms with Crippen LogP contribution in [0.2, 0.25) is 0 Å². The molecule has 1 aliphatic heterocycles. The van der Waals surface area contributed by atoms with Gasteiger partial charge in [0.05, 0.1) is 23.0 Å². The third kappa shape index (κ3) is 6.62. The van der Waals surface area contributed by atoms with Gasteiger partial charge in [-0.15, -0.1) is 0 Å². The minimum absolute atomic E-state index is 0.0310. The van der Waals surface area contributed by atoms with Gasteiger partial charge in [0, 0.05) is 32.8 Å². The van der Waals surface area contributed by atoms with Gasteiger partial charge >= 0.3 is 0 Å². The van der Waals surface area contributed by atoms with Crippen LogP contribution in [0.3, 0.4) is 0 Å². The molecule has 0 bridgehead atoms. The van der Waals surface area contributed by atoms with Crippen LogP contribution in [-0.2, 0) is 37.9 Å². The summed E-state index contributed by atoms with van der Waals surface area (Å²) in [6.07, 6.45) is 1.49. The van der Waals surface area contributed by atoms with Gasteiger partial charge in [0.2, 0.25) is 20.0 Å². The van der Waals surface area contributed by atoms with Crippen molar-refractivity contribution in [1.29, 1.82) is 0 Å². The Kier molecular flexibility index (Phi) is 9.22. The van der Waals surface area contributed by atoms with Crippen LogP contribution < -0.4 is 4.74 Å². The van der Waals surface area contributed by atoms with Crippen LogP contribution in [0.15, 0.2) is 88.7 Å². The molecule has 3 aromatic carbocycles. The lowest BCUT2D eigenvalue weighted by Crippen LogP contribution is -2.37. The predicted octanol–water partition coefficient (Wildman–Crippen LogP) is 4.28. The molecule has 1 aliphatic rings. The SMILES string of the molecule is CCN(Cc1ccccc1)S(=O)(=O)c1ccc(S(=O)(=O)N(Cc2cccc(OC)c2)C[C@H]2CCCO2)cc1. The molecule has 10 heteroatoms. The first-order chi connectivity index (χ1) is 18.2. The van der Waals surface area contributed by atoms with Crippen LogP contribution in [0.4, 0.5) is 0 Å². The minimum Gasteiger partial charge on any atom is -0.497 e. The quantitative estimate of drug-likeness (QED) is 0.330. The molecule has 3 aromatic rings. The van der Waals surface area contributed by atoms with Gasteiger partial charge in [0.25, 0.3) is 0 Å².